The lowest BCUT2D eigenvalue weighted by molar-refractivity contribution is -0.122. The molecule has 1 unspecified atom stereocenters. The maximum Gasteiger partial charge on any atom is 0.344 e. The average Bonchev–Trinajstić information content (AvgIpc) is 3.13. The highest BCUT2D eigenvalue weighted by molar-refractivity contribution is 7.99. The van der Waals surface area contributed by atoms with Gasteiger partial charge in [-0.1, -0.05) is 18.2 Å². The van der Waals surface area contributed by atoms with Crippen LogP contribution in [0.3, 0.4) is 0 Å². The molecule has 20 heavy (non-hydrogen) atoms. The highest BCUT2D eigenvalue weighted by Crippen LogP contribution is 2.36. The number of rotatable bonds is 8. The van der Waals surface area contributed by atoms with Gasteiger partial charge < -0.3 is 11.5 Å². The molecule has 112 valence electrons. The van der Waals surface area contributed by atoms with E-state index in [1.165, 1.54) is 0 Å². The standard InChI is InChI=1S/C12H21N5O2S/c1-12(14,9(13)18)6-2-3-7-20-11-16-15-10(19)17(11)8-4-5-8/h8H,2-7,14H2,1H3,(H2,13,18)(H,15,19). The Hall–Kier alpha value is -1.28. The Morgan fingerprint density at radius 2 is 2.25 bits per heavy atom. The number of nitrogens with two attached hydrogens (primary N) is 2. The third-order valence-corrected chi connectivity index (χ3v) is 4.51. The summed E-state index contributed by atoms with van der Waals surface area (Å²) >= 11 is 1.56. The number of carbonyl (C=O) groups is 1. The van der Waals surface area contributed by atoms with E-state index in [1.54, 1.807) is 23.3 Å². The van der Waals surface area contributed by atoms with Crippen molar-refractivity contribution in [2.45, 2.75) is 55.8 Å². The van der Waals surface area contributed by atoms with Gasteiger partial charge in [-0.25, -0.2) is 9.89 Å². The number of hydrogen-bond donors (Lipinski definition) is 3. The largest absolute Gasteiger partial charge is 0.368 e. The number of H-pyrrole nitrogens is 1. The maximum absolute atomic E-state index is 11.6. The zero-order chi connectivity index (χ0) is 14.8. The number of amides is 1. The van der Waals surface area contributed by atoms with Gasteiger partial charge in [0, 0.05) is 11.8 Å². The summed E-state index contributed by atoms with van der Waals surface area (Å²) < 4.78 is 1.74. The predicted octanol–water partition coefficient (Wildman–Crippen LogP) is 0.371. The summed E-state index contributed by atoms with van der Waals surface area (Å²) in [4.78, 5) is 22.7. The van der Waals surface area contributed by atoms with Crippen molar-refractivity contribution in [2.24, 2.45) is 11.5 Å². The molecule has 0 radical (unpaired) electrons. The lowest BCUT2D eigenvalue weighted by Crippen LogP contribution is -2.49. The number of thioether (sulfide) groups is 1. The van der Waals surface area contributed by atoms with Crippen LogP contribution in [0.25, 0.3) is 0 Å². The molecule has 1 fully saturated rings. The minimum atomic E-state index is -0.937. The molecule has 1 heterocycles. The third-order valence-electron chi connectivity index (χ3n) is 3.47. The van der Waals surface area contributed by atoms with Crippen molar-refractivity contribution in [3.05, 3.63) is 10.5 Å². The minimum absolute atomic E-state index is 0.127. The fraction of sp³-hybridized carbons (Fsp3) is 0.750. The first-order valence-corrected chi connectivity index (χ1v) is 7.79. The molecule has 1 aromatic heterocycles. The quantitative estimate of drug-likeness (QED) is 0.473. The second kappa shape index (κ2) is 6.01. The molecule has 1 aromatic rings. The van der Waals surface area contributed by atoms with Crippen LogP contribution in [0.15, 0.2) is 9.95 Å². The number of unbranched alkanes of at least 4 members (excludes halogenated alkanes) is 1. The SMILES string of the molecule is CC(N)(CCCCSc1n[nH]c(=O)n1C1CC1)C(N)=O. The van der Waals surface area contributed by atoms with Crippen molar-refractivity contribution in [1.82, 2.24) is 14.8 Å². The molecule has 0 aliphatic heterocycles. The summed E-state index contributed by atoms with van der Waals surface area (Å²) in [5, 5.41) is 7.29. The first-order valence-electron chi connectivity index (χ1n) is 6.80. The zero-order valence-electron chi connectivity index (χ0n) is 11.6. The molecule has 5 N–H and O–H groups in total. The smallest absolute Gasteiger partial charge is 0.344 e. The van der Waals surface area contributed by atoms with Crippen molar-refractivity contribution in [1.29, 1.82) is 0 Å². The molecule has 0 bridgehead atoms. The number of aromatic nitrogens is 3. The normalized spacial score (nSPS) is 17.9. The van der Waals surface area contributed by atoms with Crippen molar-refractivity contribution in [3.8, 4) is 0 Å². The van der Waals surface area contributed by atoms with Crippen molar-refractivity contribution >= 4 is 17.7 Å². The van der Waals surface area contributed by atoms with Gasteiger partial charge in [-0.2, -0.15) is 0 Å². The maximum atomic E-state index is 11.6. The molecular formula is C12H21N5O2S. The fourth-order valence-corrected chi connectivity index (χ4v) is 2.94. The van der Waals surface area contributed by atoms with Gasteiger partial charge in [0.1, 0.15) is 0 Å². The van der Waals surface area contributed by atoms with E-state index in [-0.39, 0.29) is 5.69 Å². The molecule has 0 aromatic carbocycles. The first-order chi connectivity index (χ1) is 9.42. The molecule has 8 heteroatoms. The van der Waals surface area contributed by atoms with Crippen LogP contribution in [-0.2, 0) is 4.79 Å². The number of nitrogens with zero attached hydrogens (tertiary/aromatic N) is 2. The molecular weight excluding hydrogens is 278 g/mol. The van der Waals surface area contributed by atoms with E-state index >= 15 is 0 Å². The van der Waals surface area contributed by atoms with Crippen LogP contribution in [0, 0.1) is 0 Å². The van der Waals surface area contributed by atoms with Crippen LogP contribution in [0.2, 0.25) is 0 Å². The van der Waals surface area contributed by atoms with E-state index < -0.39 is 11.4 Å². The van der Waals surface area contributed by atoms with Gasteiger partial charge in [0.05, 0.1) is 5.54 Å². The Kier molecular flexibility index (Phi) is 4.54. The summed E-state index contributed by atoms with van der Waals surface area (Å²) in [6.07, 6.45) is 4.39. The molecule has 2 rings (SSSR count). The van der Waals surface area contributed by atoms with Gasteiger partial charge >= 0.3 is 5.69 Å². The fourth-order valence-electron chi connectivity index (χ4n) is 1.93. The second-order valence-electron chi connectivity index (χ2n) is 5.50. The van der Waals surface area contributed by atoms with E-state index in [0.717, 1.165) is 36.6 Å². The molecule has 0 saturated heterocycles. The predicted molar refractivity (Wildman–Crippen MR) is 77.5 cm³/mol. The topological polar surface area (TPSA) is 120 Å². The number of hydrogen-bond acceptors (Lipinski definition) is 5. The van der Waals surface area contributed by atoms with Crippen molar-refractivity contribution in [3.63, 3.8) is 0 Å². The highest BCUT2D eigenvalue weighted by Gasteiger charge is 2.28. The number of carbonyl (C=O) groups excluding carboxylic acids is 1. The summed E-state index contributed by atoms with van der Waals surface area (Å²) in [5.41, 5.74) is 9.94. The van der Waals surface area contributed by atoms with Crippen LogP contribution >= 0.6 is 11.8 Å². The van der Waals surface area contributed by atoms with Gasteiger partial charge in [-0.3, -0.25) is 9.36 Å². The van der Waals surface area contributed by atoms with Gasteiger partial charge in [-0.15, -0.1) is 5.10 Å². The number of nitrogens with one attached hydrogen (secondary N) is 1. The Bertz CT molecular complexity index is 532. The lowest BCUT2D eigenvalue weighted by Gasteiger charge is -2.19. The van der Waals surface area contributed by atoms with E-state index in [9.17, 15) is 9.59 Å². The lowest BCUT2D eigenvalue weighted by atomic mass is 9.96. The van der Waals surface area contributed by atoms with Crippen LogP contribution < -0.4 is 17.2 Å². The zero-order valence-corrected chi connectivity index (χ0v) is 12.4. The van der Waals surface area contributed by atoms with Crippen LogP contribution in [0.5, 0.6) is 0 Å². The molecule has 1 saturated carbocycles. The van der Waals surface area contributed by atoms with Gasteiger partial charge in [0.2, 0.25) is 5.91 Å². The van der Waals surface area contributed by atoms with Gasteiger partial charge in [0.25, 0.3) is 0 Å². The Labute approximate surface area is 121 Å². The first kappa shape index (κ1) is 15.1. The minimum Gasteiger partial charge on any atom is -0.368 e. The second-order valence-corrected chi connectivity index (χ2v) is 6.56. The summed E-state index contributed by atoms with van der Waals surface area (Å²) in [5.74, 6) is 0.367. The summed E-state index contributed by atoms with van der Waals surface area (Å²) in [6.45, 7) is 1.65. The van der Waals surface area contributed by atoms with E-state index in [0.29, 0.717) is 12.5 Å². The Balaban J connectivity index is 1.74. The third kappa shape index (κ3) is 3.63. The van der Waals surface area contributed by atoms with E-state index in [2.05, 4.69) is 10.2 Å². The van der Waals surface area contributed by atoms with Crippen molar-refractivity contribution < 1.29 is 4.79 Å². The monoisotopic (exact) mass is 299 g/mol. The van der Waals surface area contributed by atoms with Gasteiger partial charge in [0.15, 0.2) is 5.16 Å². The molecule has 1 aliphatic carbocycles. The van der Waals surface area contributed by atoms with Crippen LogP contribution in [0.4, 0.5) is 0 Å². The molecule has 1 aliphatic rings. The molecule has 1 atom stereocenters. The number of primary amides is 1. The van der Waals surface area contributed by atoms with Crippen molar-refractivity contribution in [2.75, 3.05) is 5.75 Å². The van der Waals surface area contributed by atoms with E-state index in [1.807, 2.05) is 0 Å². The summed E-state index contributed by atoms with van der Waals surface area (Å²) in [6, 6.07) is 0.325. The molecule has 1 amide bonds. The highest BCUT2D eigenvalue weighted by atomic mass is 32.2. The Morgan fingerprint density at radius 3 is 2.85 bits per heavy atom. The summed E-state index contributed by atoms with van der Waals surface area (Å²) in [7, 11) is 0. The average molecular weight is 299 g/mol. The van der Waals surface area contributed by atoms with Crippen LogP contribution in [-0.4, -0.2) is 32.0 Å². The van der Waals surface area contributed by atoms with Gasteiger partial charge in [-0.05, 0) is 32.6 Å². The Morgan fingerprint density at radius 1 is 1.55 bits per heavy atom. The molecule has 7 nitrogen and oxygen atoms in total. The molecule has 0 spiro atoms. The van der Waals surface area contributed by atoms with Crippen LogP contribution in [0.1, 0.15) is 45.1 Å². The number of aromatic amines is 1. The van der Waals surface area contributed by atoms with E-state index in [4.69, 9.17) is 11.5 Å².